The van der Waals surface area contributed by atoms with Gasteiger partial charge in [0.1, 0.15) is 6.10 Å². The maximum absolute atomic E-state index is 6.08. The third-order valence-corrected chi connectivity index (χ3v) is 6.20. The molecule has 1 atom stereocenters. The molecule has 5 nitrogen and oxygen atoms in total. The highest BCUT2D eigenvalue weighted by Gasteiger charge is 2.25. The van der Waals surface area contributed by atoms with E-state index in [0.717, 1.165) is 44.0 Å². The molecular weight excluding hydrogens is 384 g/mol. The smallest absolute Gasteiger partial charge is 0.112 e. The van der Waals surface area contributed by atoms with E-state index in [1.165, 1.54) is 27.9 Å². The Bertz CT molecular complexity index is 1010. The van der Waals surface area contributed by atoms with Gasteiger partial charge in [0.25, 0.3) is 0 Å². The van der Waals surface area contributed by atoms with E-state index in [4.69, 9.17) is 14.8 Å². The predicted octanol–water partition coefficient (Wildman–Crippen LogP) is 4.95. The van der Waals surface area contributed by atoms with Crippen molar-refractivity contribution in [3.8, 4) is 0 Å². The Morgan fingerprint density at radius 2 is 1.77 bits per heavy atom. The van der Waals surface area contributed by atoms with Gasteiger partial charge in [-0.25, -0.2) is 0 Å². The summed E-state index contributed by atoms with van der Waals surface area (Å²) in [5.74, 6) is 0. The monoisotopic (exact) mass is 418 g/mol. The van der Waals surface area contributed by atoms with Crippen LogP contribution in [0.3, 0.4) is 0 Å². The first-order chi connectivity index (χ1) is 14.9. The van der Waals surface area contributed by atoms with Crippen LogP contribution in [0.2, 0.25) is 0 Å². The van der Waals surface area contributed by atoms with Gasteiger partial charge in [-0.3, -0.25) is 14.6 Å². The van der Waals surface area contributed by atoms with Crippen molar-refractivity contribution < 1.29 is 4.74 Å². The van der Waals surface area contributed by atoms with Crippen molar-refractivity contribution in [1.29, 1.82) is 0 Å². The van der Waals surface area contributed by atoms with Gasteiger partial charge in [0.05, 0.1) is 18.0 Å². The van der Waals surface area contributed by atoms with Crippen molar-refractivity contribution in [2.75, 3.05) is 19.7 Å². The van der Waals surface area contributed by atoms with Crippen LogP contribution in [-0.2, 0) is 17.7 Å². The molecule has 1 unspecified atom stereocenters. The SMILES string of the molecule is Cc1ccc(Cc2ccc(C3CN(Cc4c(C)nn(C(C)C)c4C)CCO3)nc2)cc1. The summed E-state index contributed by atoms with van der Waals surface area (Å²) in [6.07, 6.45) is 2.92. The Hall–Kier alpha value is -2.50. The van der Waals surface area contributed by atoms with E-state index >= 15 is 0 Å². The van der Waals surface area contributed by atoms with Gasteiger partial charge in [0.2, 0.25) is 0 Å². The Labute approximate surface area is 186 Å². The van der Waals surface area contributed by atoms with Gasteiger partial charge in [-0.15, -0.1) is 0 Å². The Morgan fingerprint density at radius 3 is 2.42 bits per heavy atom. The topological polar surface area (TPSA) is 43.2 Å². The van der Waals surface area contributed by atoms with Gasteiger partial charge in [-0.1, -0.05) is 35.9 Å². The number of ether oxygens (including phenoxy) is 1. The highest BCUT2D eigenvalue weighted by atomic mass is 16.5. The molecule has 1 aromatic carbocycles. The number of hydrogen-bond acceptors (Lipinski definition) is 4. The maximum Gasteiger partial charge on any atom is 0.112 e. The van der Waals surface area contributed by atoms with Crippen molar-refractivity contribution in [2.45, 2.75) is 59.7 Å². The summed E-state index contributed by atoms with van der Waals surface area (Å²) >= 11 is 0. The molecule has 1 fully saturated rings. The number of benzene rings is 1. The third kappa shape index (κ3) is 5.05. The number of aromatic nitrogens is 3. The fourth-order valence-electron chi connectivity index (χ4n) is 4.35. The summed E-state index contributed by atoms with van der Waals surface area (Å²) < 4.78 is 8.22. The molecule has 164 valence electrons. The molecule has 1 saturated heterocycles. The average Bonchev–Trinajstić information content (AvgIpc) is 3.05. The van der Waals surface area contributed by atoms with Gasteiger partial charge in [0.15, 0.2) is 0 Å². The van der Waals surface area contributed by atoms with Gasteiger partial charge < -0.3 is 4.74 Å². The van der Waals surface area contributed by atoms with Crippen LogP contribution in [0, 0.1) is 20.8 Å². The fourth-order valence-corrected chi connectivity index (χ4v) is 4.35. The van der Waals surface area contributed by atoms with Crippen molar-refractivity contribution >= 4 is 0 Å². The first kappa shape index (κ1) is 21.7. The highest BCUT2D eigenvalue weighted by Crippen LogP contribution is 2.25. The third-order valence-electron chi connectivity index (χ3n) is 6.20. The van der Waals surface area contributed by atoms with Crippen LogP contribution in [0.1, 0.15) is 65.3 Å². The summed E-state index contributed by atoms with van der Waals surface area (Å²) in [5, 5.41) is 4.75. The number of hydrogen-bond donors (Lipinski definition) is 0. The largest absolute Gasteiger partial charge is 0.369 e. The Balaban J connectivity index is 1.41. The van der Waals surface area contributed by atoms with Gasteiger partial charge in [0, 0.05) is 43.1 Å². The molecule has 1 aliphatic rings. The van der Waals surface area contributed by atoms with Crippen molar-refractivity contribution in [3.63, 3.8) is 0 Å². The molecule has 0 bridgehead atoms. The van der Waals surface area contributed by atoms with Crippen LogP contribution >= 0.6 is 0 Å². The zero-order valence-electron chi connectivity index (χ0n) is 19.4. The normalized spacial score (nSPS) is 17.4. The molecule has 0 spiro atoms. The zero-order valence-corrected chi connectivity index (χ0v) is 19.4. The summed E-state index contributed by atoms with van der Waals surface area (Å²) in [6, 6.07) is 13.4. The number of aryl methyl sites for hydroxylation is 2. The standard InChI is InChI=1S/C26H34N4O/c1-18(2)30-21(5)24(20(4)28-30)16-29-12-13-31-26(17-29)25-11-10-23(15-27-25)14-22-8-6-19(3)7-9-22/h6-11,15,18,26H,12-14,16-17H2,1-5H3. The van der Waals surface area contributed by atoms with E-state index in [1.807, 2.05) is 6.20 Å². The minimum absolute atomic E-state index is 0.0166. The fraction of sp³-hybridized carbons (Fsp3) is 0.462. The van der Waals surface area contributed by atoms with E-state index in [0.29, 0.717) is 6.04 Å². The molecule has 5 heteroatoms. The van der Waals surface area contributed by atoms with Gasteiger partial charge >= 0.3 is 0 Å². The quantitative estimate of drug-likeness (QED) is 0.568. The molecule has 0 amide bonds. The summed E-state index contributed by atoms with van der Waals surface area (Å²) in [7, 11) is 0. The second kappa shape index (κ2) is 9.33. The van der Waals surface area contributed by atoms with Crippen LogP contribution in [-0.4, -0.2) is 39.4 Å². The van der Waals surface area contributed by atoms with Crippen LogP contribution in [0.4, 0.5) is 0 Å². The van der Waals surface area contributed by atoms with Crippen molar-refractivity contribution in [1.82, 2.24) is 19.7 Å². The van der Waals surface area contributed by atoms with Crippen LogP contribution in [0.5, 0.6) is 0 Å². The number of morpholine rings is 1. The van der Waals surface area contributed by atoms with Crippen LogP contribution < -0.4 is 0 Å². The molecule has 3 aromatic rings. The van der Waals surface area contributed by atoms with Crippen LogP contribution in [0.25, 0.3) is 0 Å². The van der Waals surface area contributed by atoms with E-state index in [1.54, 1.807) is 0 Å². The summed E-state index contributed by atoms with van der Waals surface area (Å²) in [4.78, 5) is 7.22. The molecule has 3 heterocycles. The van der Waals surface area contributed by atoms with E-state index in [-0.39, 0.29) is 6.10 Å². The molecule has 0 aliphatic carbocycles. The maximum atomic E-state index is 6.08. The van der Waals surface area contributed by atoms with Gasteiger partial charge in [-0.2, -0.15) is 5.10 Å². The lowest BCUT2D eigenvalue weighted by Crippen LogP contribution is -2.38. The molecule has 0 radical (unpaired) electrons. The first-order valence-corrected chi connectivity index (χ1v) is 11.3. The van der Waals surface area contributed by atoms with Crippen molar-refractivity contribution in [2.24, 2.45) is 0 Å². The number of nitrogens with zero attached hydrogens (tertiary/aromatic N) is 4. The lowest BCUT2D eigenvalue weighted by atomic mass is 10.0. The summed E-state index contributed by atoms with van der Waals surface area (Å²) in [6.45, 7) is 14.2. The highest BCUT2D eigenvalue weighted by molar-refractivity contribution is 5.28. The van der Waals surface area contributed by atoms with E-state index < -0.39 is 0 Å². The lowest BCUT2D eigenvalue weighted by Gasteiger charge is -2.32. The second-order valence-electron chi connectivity index (χ2n) is 9.04. The molecule has 4 rings (SSSR count). The molecule has 0 saturated carbocycles. The van der Waals surface area contributed by atoms with Crippen LogP contribution in [0.15, 0.2) is 42.6 Å². The Kier molecular flexibility index (Phi) is 6.54. The molecule has 31 heavy (non-hydrogen) atoms. The number of pyridine rings is 1. The van der Waals surface area contributed by atoms with Gasteiger partial charge in [-0.05, 0) is 58.2 Å². The zero-order chi connectivity index (χ0) is 22.0. The van der Waals surface area contributed by atoms with E-state index in [9.17, 15) is 0 Å². The predicted molar refractivity (Wildman–Crippen MR) is 124 cm³/mol. The molecule has 2 aromatic heterocycles. The molecule has 0 N–H and O–H groups in total. The minimum atomic E-state index is 0.0166. The first-order valence-electron chi connectivity index (χ1n) is 11.3. The minimum Gasteiger partial charge on any atom is -0.369 e. The van der Waals surface area contributed by atoms with Crippen molar-refractivity contribution in [3.05, 3.63) is 81.9 Å². The van der Waals surface area contributed by atoms with E-state index in [2.05, 4.69) is 80.6 Å². The molecule has 1 aliphatic heterocycles. The lowest BCUT2D eigenvalue weighted by molar-refractivity contribution is -0.0351. The second-order valence-corrected chi connectivity index (χ2v) is 9.04. The number of rotatable bonds is 6. The molecular formula is C26H34N4O. The average molecular weight is 419 g/mol. The summed E-state index contributed by atoms with van der Waals surface area (Å²) in [5.41, 5.74) is 8.60. The Morgan fingerprint density at radius 1 is 1.03 bits per heavy atom.